The first kappa shape index (κ1) is 13.9. The Balaban J connectivity index is 2.43. The normalized spacial score (nSPS) is 12.2. The lowest BCUT2D eigenvalue weighted by Crippen LogP contribution is -2.37. The van der Waals surface area contributed by atoms with Crippen molar-refractivity contribution in [3.05, 3.63) is 18.0 Å². The van der Waals surface area contributed by atoms with Crippen LogP contribution in [-0.4, -0.2) is 28.1 Å². The van der Waals surface area contributed by atoms with E-state index in [9.17, 15) is 4.79 Å². The van der Waals surface area contributed by atoms with Crippen molar-refractivity contribution < 1.29 is 14.1 Å². The number of nitrogens with zero attached hydrogens (tertiary/aromatic N) is 2. The molecule has 0 N–H and O–H groups in total. The van der Waals surface area contributed by atoms with Crippen molar-refractivity contribution in [3.63, 3.8) is 0 Å². The van der Waals surface area contributed by atoms with E-state index in [1.54, 1.807) is 11.0 Å². The van der Waals surface area contributed by atoms with E-state index in [1.165, 1.54) is 6.26 Å². The zero-order valence-corrected chi connectivity index (χ0v) is 11.0. The molecule has 0 aliphatic rings. The van der Waals surface area contributed by atoms with E-state index in [1.807, 2.05) is 6.92 Å². The maximum atomic E-state index is 11.8. The summed E-state index contributed by atoms with van der Waals surface area (Å²) < 4.78 is 9.77. The van der Waals surface area contributed by atoms with E-state index in [0.717, 1.165) is 12.8 Å². The highest BCUT2D eigenvalue weighted by atomic mass is 32.1. The van der Waals surface area contributed by atoms with Crippen molar-refractivity contribution in [2.45, 2.75) is 38.7 Å². The molecular formula is C11H18N2O3S. The fourth-order valence-corrected chi connectivity index (χ4v) is 1.92. The number of carbonyl (C=O) groups is 1. The summed E-state index contributed by atoms with van der Waals surface area (Å²) in [7, 11) is 0. The fraction of sp³-hybridized carbons (Fsp3) is 0.636. The zero-order valence-electron chi connectivity index (χ0n) is 10.1. The minimum Gasteiger partial charge on any atom is -0.443 e. The Morgan fingerprint density at radius 3 is 2.94 bits per heavy atom. The summed E-state index contributed by atoms with van der Waals surface area (Å²) in [5.74, 6) is 0. The maximum absolute atomic E-state index is 11.8. The van der Waals surface area contributed by atoms with E-state index in [0.29, 0.717) is 12.2 Å². The summed E-state index contributed by atoms with van der Waals surface area (Å²) in [6.45, 7) is 4.65. The number of hydrogen-bond donors (Lipinski definition) is 1. The largest absolute Gasteiger partial charge is 0.443 e. The number of amides is 1. The molecule has 5 nitrogen and oxygen atoms in total. The molecule has 1 unspecified atom stereocenters. The molecule has 0 fully saturated rings. The summed E-state index contributed by atoms with van der Waals surface area (Å²) in [5, 5.41) is 3.56. The number of thiol groups is 1. The highest BCUT2D eigenvalue weighted by molar-refractivity contribution is 7.80. The molecule has 6 heteroatoms. The third kappa shape index (κ3) is 4.30. The van der Waals surface area contributed by atoms with Gasteiger partial charge in [-0.05, 0) is 13.3 Å². The van der Waals surface area contributed by atoms with E-state index in [2.05, 4.69) is 29.2 Å². The van der Waals surface area contributed by atoms with Gasteiger partial charge in [0.1, 0.15) is 18.6 Å². The Bertz CT molecular complexity index is 329. The number of ether oxygens (including phenoxy) is 1. The first-order valence-electron chi connectivity index (χ1n) is 5.69. The lowest BCUT2D eigenvalue weighted by Gasteiger charge is -2.25. The SMILES string of the molecule is CCCC(S)N(CC)C(=O)OCc1ccon1. The van der Waals surface area contributed by atoms with Crippen LogP contribution in [0.25, 0.3) is 0 Å². The van der Waals surface area contributed by atoms with Crippen LogP contribution in [0.3, 0.4) is 0 Å². The maximum Gasteiger partial charge on any atom is 0.411 e. The monoisotopic (exact) mass is 258 g/mol. The van der Waals surface area contributed by atoms with Gasteiger partial charge >= 0.3 is 6.09 Å². The molecule has 1 aromatic rings. The molecule has 0 bridgehead atoms. The molecule has 0 aromatic carbocycles. The summed E-state index contributed by atoms with van der Waals surface area (Å²) in [4.78, 5) is 13.4. The average molecular weight is 258 g/mol. The third-order valence-corrected chi connectivity index (χ3v) is 2.85. The van der Waals surface area contributed by atoms with Crippen LogP contribution in [-0.2, 0) is 11.3 Å². The highest BCUT2D eigenvalue weighted by Gasteiger charge is 2.19. The summed E-state index contributed by atoms with van der Waals surface area (Å²) >= 11 is 4.38. The van der Waals surface area contributed by atoms with Gasteiger partial charge in [-0.2, -0.15) is 12.6 Å². The molecule has 1 aromatic heterocycles. The van der Waals surface area contributed by atoms with Gasteiger partial charge in [-0.1, -0.05) is 18.5 Å². The number of rotatable bonds is 6. The van der Waals surface area contributed by atoms with Gasteiger partial charge in [0.2, 0.25) is 0 Å². The van der Waals surface area contributed by atoms with Crippen molar-refractivity contribution in [1.82, 2.24) is 10.1 Å². The second-order valence-corrected chi connectivity index (χ2v) is 4.20. The van der Waals surface area contributed by atoms with E-state index in [4.69, 9.17) is 4.74 Å². The molecule has 0 saturated carbocycles. The van der Waals surface area contributed by atoms with Gasteiger partial charge in [-0.25, -0.2) is 4.79 Å². The molecule has 0 saturated heterocycles. The fourth-order valence-electron chi connectivity index (χ4n) is 1.41. The molecule has 0 spiro atoms. The molecule has 0 radical (unpaired) electrons. The molecule has 0 aliphatic carbocycles. The van der Waals surface area contributed by atoms with E-state index < -0.39 is 0 Å². The van der Waals surface area contributed by atoms with Crippen molar-refractivity contribution in [3.8, 4) is 0 Å². The second kappa shape index (κ2) is 7.21. The van der Waals surface area contributed by atoms with Gasteiger partial charge in [0.25, 0.3) is 0 Å². The van der Waals surface area contributed by atoms with Crippen LogP contribution in [0.2, 0.25) is 0 Å². The first-order valence-corrected chi connectivity index (χ1v) is 6.21. The smallest absolute Gasteiger partial charge is 0.411 e. The van der Waals surface area contributed by atoms with Crippen LogP contribution < -0.4 is 0 Å². The van der Waals surface area contributed by atoms with Gasteiger partial charge in [-0.3, -0.25) is 4.90 Å². The molecular weight excluding hydrogens is 240 g/mol. The van der Waals surface area contributed by atoms with Gasteiger partial charge in [0.05, 0.1) is 5.37 Å². The van der Waals surface area contributed by atoms with Crippen molar-refractivity contribution in [2.75, 3.05) is 6.54 Å². The third-order valence-electron chi connectivity index (χ3n) is 2.32. The topological polar surface area (TPSA) is 55.6 Å². The molecule has 1 atom stereocenters. The highest BCUT2D eigenvalue weighted by Crippen LogP contribution is 2.13. The van der Waals surface area contributed by atoms with Gasteiger partial charge in [0.15, 0.2) is 0 Å². The Kier molecular flexibility index (Phi) is 5.90. The molecule has 96 valence electrons. The Labute approximate surface area is 107 Å². The average Bonchev–Trinajstić information content (AvgIpc) is 2.80. The minimum absolute atomic E-state index is 0.102. The molecule has 1 heterocycles. The first-order chi connectivity index (χ1) is 8.19. The minimum atomic E-state index is -0.371. The van der Waals surface area contributed by atoms with Crippen LogP contribution in [0.15, 0.2) is 16.9 Å². The second-order valence-electron chi connectivity index (χ2n) is 3.60. The van der Waals surface area contributed by atoms with Crippen LogP contribution in [0.4, 0.5) is 4.79 Å². The molecule has 0 aliphatic heterocycles. The van der Waals surface area contributed by atoms with Crippen LogP contribution in [0.5, 0.6) is 0 Å². The quantitative estimate of drug-likeness (QED) is 0.629. The van der Waals surface area contributed by atoms with Gasteiger partial charge in [0, 0.05) is 12.6 Å². The van der Waals surface area contributed by atoms with E-state index in [-0.39, 0.29) is 18.1 Å². The van der Waals surface area contributed by atoms with Crippen molar-refractivity contribution >= 4 is 18.7 Å². The lowest BCUT2D eigenvalue weighted by molar-refractivity contribution is 0.0917. The number of aromatic nitrogens is 1. The van der Waals surface area contributed by atoms with Gasteiger partial charge < -0.3 is 9.26 Å². The van der Waals surface area contributed by atoms with Crippen molar-refractivity contribution in [2.24, 2.45) is 0 Å². The number of carbonyl (C=O) groups excluding carboxylic acids is 1. The van der Waals surface area contributed by atoms with Crippen molar-refractivity contribution in [1.29, 1.82) is 0 Å². The molecule has 17 heavy (non-hydrogen) atoms. The summed E-state index contributed by atoms with van der Waals surface area (Å²) in [6.07, 6.45) is 2.89. The Hall–Kier alpha value is -1.17. The molecule has 1 rings (SSSR count). The lowest BCUT2D eigenvalue weighted by atomic mass is 10.3. The Morgan fingerprint density at radius 1 is 1.65 bits per heavy atom. The zero-order chi connectivity index (χ0) is 12.7. The Morgan fingerprint density at radius 2 is 2.41 bits per heavy atom. The van der Waals surface area contributed by atoms with E-state index >= 15 is 0 Å². The standard InChI is InChI=1S/C11H18N2O3S/c1-3-5-10(17)13(4-2)11(14)15-8-9-6-7-16-12-9/h6-7,10,17H,3-5,8H2,1-2H3. The summed E-state index contributed by atoms with van der Waals surface area (Å²) in [5.41, 5.74) is 0.598. The summed E-state index contributed by atoms with van der Waals surface area (Å²) in [6, 6.07) is 1.66. The number of hydrogen-bond acceptors (Lipinski definition) is 5. The van der Waals surface area contributed by atoms with Crippen LogP contribution in [0, 0.1) is 0 Å². The van der Waals surface area contributed by atoms with Gasteiger partial charge in [-0.15, -0.1) is 0 Å². The molecule has 1 amide bonds. The predicted molar refractivity (Wildman–Crippen MR) is 66.8 cm³/mol. The predicted octanol–water partition coefficient (Wildman–Crippen LogP) is 2.69. The van der Waals surface area contributed by atoms with Crippen LogP contribution >= 0.6 is 12.6 Å². The van der Waals surface area contributed by atoms with Crippen LogP contribution in [0.1, 0.15) is 32.4 Å².